The molecule has 0 fully saturated rings. The van der Waals surface area contributed by atoms with Crippen LogP contribution in [0.25, 0.3) is 0 Å². The van der Waals surface area contributed by atoms with Crippen molar-refractivity contribution in [3.63, 3.8) is 0 Å². The second-order valence-electron chi connectivity index (χ2n) is 5.32. The molecule has 2 aromatic rings. The molecule has 0 radical (unpaired) electrons. The average molecular weight is 396 g/mol. The molecule has 0 aliphatic carbocycles. The molecule has 4 nitrogen and oxygen atoms in total. The molecule has 2 rings (SSSR count). The lowest BCUT2D eigenvalue weighted by Gasteiger charge is -2.16. The molecule has 0 aliphatic heterocycles. The number of benzene rings is 2. The molecular formula is C18H19BrFNO3. The van der Waals surface area contributed by atoms with Crippen molar-refractivity contribution in [2.45, 2.75) is 19.4 Å². The first kappa shape index (κ1) is 18.3. The standard InChI is InChI=1S/C18H19BrFNO3/c1-11(12-4-6-14(20)7-5-12)21-18(22)9-13-8-16(23-2)17(24-3)10-15(13)19/h4-8,10-11H,9H2,1-3H3,(H,21,22)/t11-/m1/s1. The molecule has 24 heavy (non-hydrogen) atoms. The number of carbonyl (C=O) groups excluding carboxylic acids is 1. The van der Waals surface area contributed by atoms with Crippen LogP contribution >= 0.6 is 15.9 Å². The summed E-state index contributed by atoms with van der Waals surface area (Å²) in [6, 6.07) is 9.40. The van der Waals surface area contributed by atoms with Crippen molar-refractivity contribution in [3.05, 3.63) is 57.8 Å². The van der Waals surface area contributed by atoms with Gasteiger partial charge in [0, 0.05) is 4.47 Å². The maximum absolute atomic E-state index is 13.0. The van der Waals surface area contributed by atoms with Crippen LogP contribution in [0.1, 0.15) is 24.1 Å². The molecule has 128 valence electrons. The molecule has 0 heterocycles. The largest absolute Gasteiger partial charge is 0.493 e. The van der Waals surface area contributed by atoms with Crippen molar-refractivity contribution in [2.75, 3.05) is 14.2 Å². The van der Waals surface area contributed by atoms with E-state index in [0.29, 0.717) is 11.5 Å². The number of methoxy groups -OCH3 is 2. The van der Waals surface area contributed by atoms with Gasteiger partial charge in [0.25, 0.3) is 0 Å². The molecule has 0 spiro atoms. The first-order chi connectivity index (χ1) is 11.4. The van der Waals surface area contributed by atoms with E-state index in [1.807, 2.05) is 6.92 Å². The van der Waals surface area contributed by atoms with E-state index in [9.17, 15) is 9.18 Å². The van der Waals surface area contributed by atoms with Crippen LogP contribution in [-0.2, 0) is 11.2 Å². The van der Waals surface area contributed by atoms with Gasteiger partial charge in [0.1, 0.15) is 5.82 Å². The maximum Gasteiger partial charge on any atom is 0.224 e. The summed E-state index contributed by atoms with van der Waals surface area (Å²) in [5, 5.41) is 2.90. The van der Waals surface area contributed by atoms with Crippen LogP contribution in [0.15, 0.2) is 40.9 Å². The van der Waals surface area contributed by atoms with E-state index < -0.39 is 0 Å². The fourth-order valence-corrected chi connectivity index (χ4v) is 2.79. The first-order valence-corrected chi connectivity index (χ1v) is 8.19. The Labute approximate surface area is 149 Å². The van der Waals surface area contributed by atoms with E-state index in [1.54, 1.807) is 38.5 Å². The second-order valence-corrected chi connectivity index (χ2v) is 6.17. The van der Waals surface area contributed by atoms with Crippen LogP contribution in [-0.4, -0.2) is 20.1 Å². The van der Waals surface area contributed by atoms with Crippen molar-refractivity contribution in [3.8, 4) is 11.5 Å². The third-order valence-electron chi connectivity index (χ3n) is 3.65. The average Bonchev–Trinajstić information content (AvgIpc) is 2.56. The topological polar surface area (TPSA) is 47.6 Å². The monoisotopic (exact) mass is 395 g/mol. The molecule has 0 bridgehead atoms. The van der Waals surface area contributed by atoms with E-state index >= 15 is 0 Å². The zero-order valence-corrected chi connectivity index (χ0v) is 15.3. The Morgan fingerprint density at radius 2 is 1.75 bits per heavy atom. The van der Waals surface area contributed by atoms with Gasteiger partial charge in [-0.2, -0.15) is 0 Å². The minimum atomic E-state index is -0.300. The van der Waals surface area contributed by atoms with Crippen LogP contribution in [0.2, 0.25) is 0 Å². The molecule has 0 saturated carbocycles. The van der Waals surface area contributed by atoms with Gasteiger partial charge < -0.3 is 14.8 Å². The van der Waals surface area contributed by atoms with Crippen molar-refractivity contribution >= 4 is 21.8 Å². The Kier molecular flexibility index (Phi) is 6.20. The SMILES string of the molecule is COc1cc(Br)c(CC(=O)N[C@H](C)c2ccc(F)cc2)cc1OC. The third-order valence-corrected chi connectivity index (χ3v) is 4.39. The molecule has 1 atom stereocenters. The molecule has 0 aromatic heterocycles. The summed E-state index contributed by atoms with van der Waals surface area (Å²) < 4.78 is 24.2. The number of hydrogen-bond acceptors (Lipinski definition) is 3. The molecule has 1 N–H and O–H groups in total. The van der Waals surface area contributed by atoms with Gasteiger partial charge in [-0.3, -0.25) is 4.79 Å². The Bertz CT molecular complexity index is 719. The number of hydrogen-bond donors (Lipinski definition) is 1. The second kappa shape index (κ2) is 8.15. The summed E-state index contributed by atoms with van der Waals surface area (Å²) >= 11 is 3.44. The number of carbonyl (C=O) groups is 1. The lowest BCUT2D eigenvalue weighted by atomic mass is 10.1. The van der Waals surface area contributed by atoms with E-state index in [0.717, 1.165) is 15.6 Å². The number of amides is 1. The number of halogens is 2. The molecule has 1 amide bonds. The van der Waals surface area contributed by atoms with E-state index in [4.69, 9.17) is 9.47 Å². The van der Waals surface area contributed by atoms with Gasteiger partial charge in [-0.25, -0.2) is 4.39 Å². The highest BCUT2D eigenvalue weighted by Gasteiger charge is 2.15. The summed E-state index contributed by atoms with van der Waals surface area (Å²) in [5.41, 5.74) is 1.63. The normalized spacial score (nSPS) is 11.7. The Morgan fingerprint density at radius 1 is 1.17 bits per heavy atom. The van der Waals surface area contributed by atoms with Crippen LogP contribution in [0.5, 0.6) is 11.5 Å². The van der Waals surface area contributed by atoms with Gasteiger partial charge in [0.2, 0.25) is 5.91 Å². The number of nitrogens with one attached hydrogen (secondary N) is 1. The van der Waals surface area contributed by atoms with Crippen LogP contribution in [0.4, 0.5) is 4.39 Å². The van der Waals surface area contributed by atoms with Gasteiger partial charge in [-0.05, 0) is 42.3 Å². The van der Waals surface area contributed by atoms with Crippen molar-refractivity contribution in [1.82, 2.24) is 5.32 Å². The van der Waals surface area contributed by atoms with Gasteiger partial charge in [0.05, 0.1) is 26.7 Å². The predicted molar refractivity (Wildman–Crippen MR) is 93.9 cm³/mol. The highest BCUT2D eigenvalue weighted by atomic mass is 79.9. The fraction of sp³-hybridized carbons (Fsp3) is 0.278. The quantitative estimate of drug-likeness (QED) is 0.802. The smallest absolute Gasteiger partial charge is 0.224 e. The molecule has 0 saturated heterocycles. The summed E-state index contributed by atoms with van der Waals surface area (Å²) in [7, 11) is 3.10. The van der Waals surface area contributed by atoms with Gasteiger partial charge in [-0.15, -0.1) is 0 Å². The third kappa shape index (κ3) is 4.47. The summed E-state index contributed by atoms with van der Waals surface area (Å²) in [6.07, 6.45) is 0.187. The summed E-state index contributed by atoms with van der Waals surface area (Å²) in [4.78, 5) is 12.3. The Morgan fingerprint density at radius 3 is 2.33 bits per heavy atom. The zero-order chi connectivity index (χ0) is 17.7. The molecule has 0 unspecified atom stereocenters. The summed E-state index contributed by atoms with van der Waals surface area (Å²) in [5.74, 6) is 0.717. The highest BCUT2D eigenvalue weighted by Crippen LogP contribution is 2.33. The lowest BCUT2D eigenvalue weighted by molar-refractivity contribution is -0.121. The van der Waals surface area contributed by atoms with Crippen LogP contribution in [0, 0.1) is 5.82 Å². The minimum absolute atomic E-state index is 0.139. The number of rotatable bonds is 6. The minimum Gasteiger partial charge on any atom is -0.493 e. The van der Waals surface area contributed by atoms with E-state index in [-0.39, 0.29) is 24.2 Å². The molecular weight excluding hydrogens is 377 g/mol. The van der Waals surface area contributed by atoms with Crippen LogP contribution < -0.4 is 14.8 Å². The van der Waals surface area contributed by atoms with Crippen LogP contribution in [0.3, 0.4) is 0 Å². The fourth-order valence-electron chi connectivity index (χ4n) is 2.33. The van der Waals surface area contributed by atoms with E-state index in [1.165, 1.54) is 12.1 Å². The number of ether oxygens (including phenoxy) is 2. The Balaban J connectivity index is 2.08. The molecule has 6 heteroatoms. The Hall–Kier alpha value is -2.08. The summed E-state index contributed by atoms with van der Waals surface area (Å²) in [6.45, 7) is 1.86. The van der Waals surface area contributed by atoms with E-state index in [2.05, 4.69) is 21.2 Å². The van der Waals surface area contributed by atoms with Crippen molar-refractivity contribution in [1.29, 1.82) is 0 Å². The highest BCUT2D eigenvalue weighted by molar-refractivity contribution is 9.10. The maximum atomic E-state index is 13.0. The van der Waals surface area contributed by atoms with Gasteiger partial charge >= 0.3 is 0 Å². The molecule has 0 aliphatic rings. The molecule has 2 aromatic carbocycles. The predicted octanol–water partition coefficient (Wildman–Crippen LogP) is 4.03. The van der Waals surface area contributed by atoms with Gasteiger partial charge in [-0.1, -0.05) is 28.1 Å². The van der Waals surface area contributed by atoms with Crippen molar-refractivity contribution < 1.29 is 18.7 Å². The van der Waals surface area contributed by atoms with Gasteiger partial charge in [0.15, 0.2) is 11.5 Å². The van der Waals surface area contributed by atoms with Crippen molar-refractivity contribution in [2.24, 2.45) is 0 Å². The first-order valence-electron chi connectivity index (χ1n) is 7.39. The lowest BCUT2D eigenvalue weighted by Crippen LogP contribution is -2.28. The zero-order valence-electron chi connectivity index (χ0n) is 13.7.